The summed E-state index contributed by atoms with van der Waals surface area (Å²) in [5.41, 5.74) is 2.97. The number of ether oxygens (including phenoxy) is 2. The number of rotatable bonds is 7. The summed E-state index contributed by atoms with van der Waals surface area (Å²) in [4.78, 5) is 12.1. The van der Waals surface area contributed by atoms with Gasteiger partial charge in [-0.2, -0.15) is 0 Å². The number of primary sulfonamides is 1. The number of hydrogen-bond donors (Lipinski definition) is 2. The maximum Gasteiger partial charge on any atom is 0.217 e. The van der Waals surface area contributed by atoms with Crippen LogP contribution in [0.25, 0.3) is 22.5 Å². The molecule has 1 fully saturated rings. The Kier molecular flexibility index (Phi) is 6.91. The summed E-state index contributed by atoms with van der Waals surface area (Å²) in [7, 11) is -3.85. The van der Waals surface area contributed by atoms with Crippen LogP contribution in [0.15, 0.2) is 79.1 Å². The first-order valence-corrected chi connectivity index (χ1v) is 13.4. The summed E-state index contributed by atoms with van der Waals surface area (Å²) < 4.78 is 50.5. The molecule has 0 spiro atoms. The number of nitrogens with two attached hydrogens (primary N) is 1. The minimum Gasteiger partial charge on any atom is -0.345 e. The van der Waals surface area contributed by atoms with Gasteiger partial charge in [0.05, 0.1) is 24.6 Å². The number of pyridine rings is 1. The molecule has 1 atom stereocenters. The Hall–Kier alpha value is -3.44. The number of sulfonamides is 1. The number of nitrogens with one attached hydrogen (secondary N) is 1. The number of hydrogen-bond acceptors (Lipinski definition) is 6. The van der Waals surface area contributed by atoms with E-state index in [0.717, 1.165) is 16.8 Å². The van der Waals surface area contributed by atoms with Crippen molar-refractivity contribution in [2.75, 3.05) is 13.2 Å². The fraction of sp³-hybridized carbons (Fsp3) is 0.259. The third-order valence-electron chi connectivity index (χ3n) is 6.44. The van der Waals surface area contributed by atoms with E-state index in [4.69, 9.17) is 19.6 Å². The molecule has 192 valence electrons. The van der Waals surface area contributed by atoms with Gasteiger partial charge in [0.15, 0.2) is 5.82 Å². The van der Waals surface area contributed by atoms with Crippen LogP contribution in [0.1, 0.15) is 36.3 Å². The lowest BCUT2D eigenvalue weighted by Crippen LogP contribution is -2.39. The van der Waals surface area contributed by atoms with Gasteiger partial charge in [0.1, 0.15) is 11.1 Å². The van der Waals surface area contributed by atoms with Crippen LogP contribution in [-0.4, -0.2) is 36.6 Å². The minimum atomic E-state index is -3.85. The maximum absolute atomic E-state index is 13.5. The second-order valence-electron chi connectivity index (χ2n) is 9.55. The molecule has 0 bridgehead atoms. The summed E-state index contributed by atoms with van der Waals surface area (Å²) in [6, 6.07) is 18.7. The Bertz CT molecular complexity index is 1450. The topological polar surface area (TPSA) is 120 Å². The Balaban J connectivity index is 1.39. The molecule has 10 heteroatoms. The molecule has 3 heterocycles. The third-order valence-corrected chi connectivity index (χ3v) is 7.68. The van der Waals surface area contributed by atoms with E-state index in [1.807, 2.05) is 25.1 Å². The van der Waals surface area contributed by atoms with Gasteiger partial charge in [-0.15, -0.1) is 0 Å². The van der Waals surface area contributed by atoms with Gasteiger partial charge in [0.25, 0.3) is 0 Å². The van der Waals surface area contributed by atoms with Gasteiger partial charge >= 0.3 is 0 Å². The van der Waals surface area contributed by atoms with Crippen LogP contribution in [0.4, 0.5) is 4.39 Å². The van der Waals surface area contributed by atoms with E-state index >= 15 is 0 Å². The minimum absolute atomic E-state index is 0.240. The molecule has 5 rings (SSSR count). The highest BCUT2D eigenvalue weighted by molar-refractivity contribution is 7.89. The highest BCUT2D eigenvalue weighted by Gasteiger charge is 2.40. The number of benzene rings is 2. The van der Waals surface area contributed by atoms with Crippen molar-refractivity contribution in [1.29, 1.82) is 0 Å². The lowest BCUT2D eigenvalue weighted by molar-refractivity contribution is -0.234. The number of aromatic amines is 1. The molecule has 2 aromatic carbocycles. The standard InChI is InChI=1S/C27H27FN4O4S/c1-27(15-22(37(29,33)34)18-5-3-2-4-6-18)16-35-26(36-17-27)25-31-23(19-7-9-21(28)10-8-19)24(32-25)20-11-13-30-14-12-20/h2-14,22,26H,15-17H2,1H3,(H,31,32)(H2,29,33,34). The first-order chi connectivity index (χ1) is 17.7. The number of nitrogens with zero attached hydrogens (tertiary/aromatic N) is 2. The van der Waals surface area contributed by atoms with Crippen molar-refractivity contribution in [3.8, 4) is 22.5 Å². The predicted octanol–water partition coefficient (Wildman–Crippen LogP) is 4.75. The first kappa shape index (κ1) is 25.2. The van der Waals surface area contributed by atoms with E-state index < -0.39 is 27.0 Å². The summed E-state index contributed by atoms with van der Waals surface area (Å²) >= 11 is 0. The van der Waals surface area contributed by atoms with E-state index in [0.29, 0.717) is 17.1 Å². The van der Waals surface area contributed by atoms with Crippen LogP contribution in [-0.2, 0) is 19.5 Å². The van der Waals surface area contributed by atoms with Crippen molar-refractivity contribution < 1.29 is 22.3 Å². The lowest BCUT2D eigenvalue weighted by atomic mass is 9.85. The van der Waals surface area contributed by atoms with Crippen LogP contribution in [0.3, 0.4) is 0 Å². The summed E-state index contributed by atoms with van der Waals surface area (Å²) in [5, 5.41) is 4.71. The summed E-state index contributed by atoms with van der Waals surface area (Å²) in [6.45, 7) is 2.40. The largest absolute Gasteiger partial charge is 0.345 e. The molecule has 1 unspecified atom stereocenters. The fourth-order valence-electron chi connectivity index (χ4n) is 4.51. The molecule has 3 N–H and O–H groups in total. The molecular formula is C27H27FN4O4S. The first-order valence-electron chi connectivity index (χ1n) is 11.8. The average Bonchev–Trinajstić information content (AvgIpc) is 3.34. The van der Waals surface area contributed by atoms with E-state index in [-0.39, 0.29) is 25.5 Å². The molecule has 1 aliphatic rings. The second-order valence-corrected chi connectivity index (χ2v) is 11.3. The van der Waals surface area contributed by atoms with Gasteiger partial charge in [-0.3, -0.25) is 4.98 Å². The molecule has 0 aliphatic carbocycles. The normalized spacial score (nSPS) is 21.0. The molecule has 37 heavy (non-hydrogen) atoms. The van der Waals surface area contributed by atoms with Crippen LogP contribution in [0.2, 0.25) is 0 Å². The van der Waals surface area contributed by atoms with Crippen LogP contribution >= 0.6 is 0 Å². The van der Waals surface area contributed by atoms with E-state index in [9.17, 15) is 12.8 Å². The lowest BCUT2D eigenvalue weighted by Gasteiger charge is -2.38. The molecule has 8 nitrogen and oxygen atoms in total. The van der Waals surface area contributed by atoms with Crippen LogP contribution < -0.4 is 5.14 Å². The molecular weight excluding hydrogens is 495 g/mol. The van der Waals surface area contributed by atoms with E-state index in [2.05, 4.69) is 9.97 Å². The van der Waals surface area contributed by atoms with Crippen LogP contribution in [0, 0.1) is 11.2 Å². The highest BCUT2D eigenvalue weighted by Crippen LogP contribution is 2.41. The Morgan fingerprint density at radius 1 is 1.03 bits per heavy atom. The van der Waals surface area contributed by atoms with Gasteiger partial charge in [0, 0.05) is 28.9 Å². The number of imidazole rings is 1. The van der Waals surface area contributed by atoms with Crippen molar-refractivity contribution in [2.24, 2.45) is 10.6 Å². The van der Waals surface area contributed by atoms with Crippen molar-refractivity contribution in [3.63, 3.8) is 0 Å². The Morgan fingerprint density at radius 3 is 2.30 bits per heavy atom. The van der Waals surface area contributed by atoms with Crippen molar-refractivity contribution in [1.82, 2.24) is 15.0 Å². The Morgan fingerprint density at radius 2 is 1.68 bits per heavy atom. The van der Waals surface area contributed by atoms with Gasteiger partial charge in [-0.25, -0.2) is 22.9 Å². The molecule has 4 aromatic rings. The monoisotopic (exact) mass is 522 g/mol. The zero-order valence-electron chi connectivity index (χ0n) is 20.2. The predicted molar refractivity (Wildman–Crippen MR) is 137 cm³/mol. The van der Waals surface area contributed by atoms with Crippen molar-refractivity contribution in [3.05, 3.63) is 96.3 Å². The smallest absolute Gasteiger partial charge is 0.217 e. The highest BCUT2D eigenvalue weighted by atomic mass is 32.2. The Labute approximate surface area is 214 Å². The summed E-state index contributed by atoms with van der Waals surface area (Å²) in [5.74, 6) is 0.121. The van der Waals surface area contributed by atoms with Gasteiger partial charge in [-0.1, -0.05) is 37.3 Å². The molecule has 0 saturated carbocycles. The molecule has 0 radical (unpaired) electrons. The quantitative estimate of drug-likeness (QED) is 0.361. The maximum atomic E-state index is 13.5. The van der Waals surface area contributed by atoms with Crippen molar-refractivity contribution in [2.45, 2.75) is 24.9 Å². The van der Waals surface area contributed by atoms with E-state index in [1.54, 1.807) is 48.8 Å². The fourth-order valence-corrected chi connectivity index (χ4v) is 5.68. The van der Waals surface area contributed by atoms with E-state index in [1.165, 1.54) is 12.1 Å². The SMILES string of the molecule is CC1(CC(c2ccccc2)S(N)(=O)=O)COC(c2nc(-c3ccc(F)cc3)c(-c3ccncc3)[nH]2)OC1. The summed E-state index contributed by atoms with van der Waals surface area (Å²) in [6.07, 6.45) is 2.81. The van der Waals surface area contributed by atoms with Gasteiger partial charge in [0.2, 0.25) is 16.3 Å². The second kappa shape index (κ2) is 10.1. The van der Waals surface area contributed by atoms with Gasteiger partial charge < -0.3 is 14.5 Å². The number of H-pyrrole nitrogens is 1. The third kappa shape index (κ3) is 5.62. The van der Waals surface area contributed by atoms with Crippen LogP contribution in [0.5, 0.6) is 0 Å². The molecule has 1 saturated heterocycles. The zero-order chi connectivity index (χ0) is 26.0. The average molecular weight is 523 g/mol. The molecule has 1 aliphatic heterocycles. The number of halogens is 1. The van der Waals surface area contributed by atoms with Gasteiger partial charge in [-0.05, 0) is 48.4 Å². The van der Waals surface area contributed by atoms with Crippen molar-refractivity contribution >= 4 is 10.0 Å². The molecule has 2 aromatic heterocycles. The zero-order valence-corrected chi connectivity index (χ0v) is 21.0. The molecule has 0 amide bonds. The number of aromatic nitrogens is 3.